The standard InChI is InChI=1S/C39H65NO9/c1-23-27-10-13-32-37(4,17-18-38(5)24(14-16-39(32,38)6)9-7-8-15-36(2,3)44)28(27)11-12-31(23)49-35-33(40-45)29(42)20-26(48-35)22-47-34-30(43)19-25(41)21-46-34/h10,23-26,28-35,41-44H,7-9,11-22H2,1-6H3/t23-,24?,25+,26+,28?,29+,30-,31+,32?,33-,34-,35+,37+,38-,39+/m1/s1. The van der Waals surface area contributed by atoms with Crippen molar-refractivity contribution in [2.75, 3.05) is 13.2 Å². The summed E-state index contributed by atoms with van der Waals surface area (Å²) >= 11 is 0. The predicted octanol–water partition coefficient (Wildman–Crippen LogP) is 6.01. The molecule has 6 rings (SSSR count). The van der Waals surface area contributed by atoms with Crippen LogP contribution in [0.4, 0.5) is 0 Å². The summed E-state index contributed by atoms with van der Waals surface area (Å²) in [7, 11) is 0. The number of hydrogen-bond acceptors (Lipinski definition) is 10. The number of aliphatic hydroxyl groups excluding tert-OH is 3. The Morgan fingerprint density at radius 2 is 1.76 bits per heavy atom. The van der Waals surface area contributed by atoms with E-state index in [1.807, 2.05) is 13.8 Å². The van der Waals surface area contributed by atoms with Gasteiger partial charge in [-0.05, 0) is 106 Å². The Morgan fingerprint density at radius 1 is 0.980 bits per heavy atom. The van der Waals surface area contributed by atoms with Gasteiger partial charge in [0, 0.05) is 18.8 Å². The highest BCUT2D eigenvalue weighted by molar-refractivity contribution is 5.27. The summed E-state index contributed by atoms with van der Waals surface area (Å²) in [5.41, 5.74) is 1.81. The second-order valence-electron chi connectivity index (χ2n) is 18.2. The maximum absolute atomic E-state index is 11.9. The van der Waals surface area contributed by atoms with Gasteiger partial charge in [-0.25, -0.2) is 0 Å². The summed E-state index contributed by atoms with van der Waals surface area (Å²) in [6, 6.07) is -1.03. The van der Waals surface area contributed by atoms with E-state index in [0.29, 0.717) is 22.7 Å². The van der Waals surface area contributed by atoms with E-state index in [1.165, 1.54) is 44.1 Å². The van der Waals surface area contributed by atoms with Gasteiger partial charge < -0.3 is 39.4 Å². The van der Waals surface area contributed by atoms with Crippen LogP contribution in [-0.4, -0.2) is 88.4 Å². The first-order valence-corrected chi connectivity index (χ1v) is 19.4. The number of hydrogen-bond donors (Lipinski definition) is 4. The van der Waals surface area contributed by atoms with Crippen molar-refractivity contribution < 1.29 is 39.4 Å². The highest BCUT2D eigenvalue weighted by Gasteiger charge is 2.66. The third-order valence-corrected chi connectivity index (χ3v) is 14.8. The fourth-order valence-electron chi connectivity index (χ4n) is 11.7. The van der Waals surface area contributed by atoms with Crippen molar-refractivity contribution in [3.8, 4) is 0 Å². The molecule has 280 valence electrons. The van der Waals surface area contributed by atoms with E-state index in [-0.39, 0.29) is 43.5 Å². The first-order valence-electron chi connectivity index (χ1n) is 19.4. The lowest BCUT2D eigenvalue weighted by atomic mass is 9.40. The molecular formula is C39H65NO9. The van der Waals surface area contributed by atoms with Crippen molar-refractivity contribution in [1.29, 1.82) is 0 Å². The Hall–Kier alpha value is -0.980. The van der Waals surface area contributed by atoms with Crippen LogP contribution < -0.4 is 0 Å². The van der Waals surface area contributed by atoms with Gasteiger partial charge in [0.15, 0.2) is 18.6 Å². The van der Waals surface area contributed by atoms with Crippen LogP contribution in [0.1, 0.15) is 125 Å². The fourth-order valence-corrected chi connectivity index (χ4v) is 11.7. The molecule has 4 aliphatic carbocycles. The molecule has 2 aliphatic heterocycles. The molecule has 3 unspecified atom stereocenters. The first-order chi connectivity index (χ1) is 23.1. The number of rotatable bonds is 11. The van der Waals surface area contributed by atoms with Gasteiger partial charge in [0.1, 0.15) is 6.10 Å². The van der Waals surface area contributed by atoms with Gasteiger partial charge in [-0.1, -0.05) is 57.4 Å². The van der Waals surface area contributed by atoms with E-state index < -0.39 is 48.6 Å². The number of ether oxygens (including phenoxy) is 4. The number of aliphatic hydroxyl groups is 4. The molecule has 4 N–H and O–H groups in total. The van der Waals surface area contributed by atoms with Crippen LogP contribution in [0.15, 0.2) is 16.8 Å². The highest BCUT2D eigenvalue weighted by atomic mass is 16.7. The average Bonchev–Trinajstić information content (AvgIpc) is 3.29. The Bertz CT molecular complexity index is 1190. The van der Waals surface area contributed by atoms with Gasteiger partial charge in [-0.3, -0.25) is 0 Å². The molecule has 0 radical (unpaired) electrons. The summed E-state index contributed by atoms with van der Waals surface area (Å²) in [5.74, 6) is 2.07. The molecule has 0 spiro atoms. The van der Waals surface area contributed by atoms with Crippen LogP contribution in [-0.2, 0) is 18.9 Å². The van der Waals surface area contributed by atoms with E-state index in [2.05, 4.69) is 38.9 Å². The molecule has 10 nitrogen and oxygen atoms in total. The number of allylic oxidation sites excluding steroid dienone is 1. The number of nitrogens with zero attached hydrogens (tertiary/aromatic N) is 1. The lowest BCUT2D eigenvalue weighted by molar-refractivity contribution is -0.281. The molecule has 5 fully saturated rings. The van der Waals surface area contributed by atoms with Crippen molar-refractivity contribution >= 4 is 0 Å². The zero-order valence-electron chi connectivity index (χ0n) is 30.9. The molecule has 6 aliphatic rings. The minimum atomic E-state index is -1.03. The summed E-state index contributed by atoms with van der Waals surface area (Å²) in [5, 5.41) is 44.3. The van der Waals surface area contributed by atoms with Gasteiger partial charge in [0.2, 0.25) is 0 Å². The van der Waals surface area contributed by atoms with E-state index in [4.69, 9.17) is 18.9 Å². The summed E-state index contributed by atoms with van der Waals surface area (Å²) < 4.78 is 24.0. The van der Waals surface area contributed by atoms with E-state index in [0.717, 1.165) is 38.0 Å². The third-order valence-electron chi connectivity index (χ3n) is 14.8. The van der Waals surface area contributed by atoms with Crippen LogP contribution in [0.2, 0.25) is 0 Å². The SMILES string of the molecule is C[C@@H]1C2=CCC3[C@@](C)(CC[C@]4(C)C(CCCCC(C)(C)O)CC[C@@]34C)C2CC[C@@H]1O[C@@H]1O[C@H](CO[C@H]2OC[C@@H](O)C[C@H]2O)C[C@H](O)[C@H]1N=O. The van der Waals surface area contributed by atoms with Crippen molar-refractivity contribution in [2.45, 2.75) is 180 Å². The quantitative estimate of drug-likeness (QED) is 0.116. The Morgan fingerprint density at radius 3 is 2.47 bits per heavy atom. The van der Waals surface area contributed by atoms with Crippen LogP contribution >= 0.6 is 0 Å². The zero-order chi connectivity index (χ0) is 35.4. The topological polar surface area (TPSA) is 147 Å². The molecular weight excluding hydrogens is 626 g/mol. The molecule has 3 saturated carbocycles. The fraction of sp³-hybridized carbons (Fsp3) is 0.949. The van der Waals surface area contributed by atoms with Crippen molar-refractivity contribution in [2.24, 2.45) is 45.1 Å². The summed E-state index contributed by atoms with van der Waals surface area (Å²) in [4.78, 5) is 11.9. The van der Waals surface area contributed by atoms with Crippen molar-refractivity contribution in [3.05, 3.63) is 16.6 Å². The number of unbranched alkanes of at least 4 members (excludes halogenated alkanes) is 1. The maximum Gasteiger partial charge on any atom is 0.186 e. The molecule has 49 heavy (non-hydrogen) atoms. The monoisotopic (exact) mass is 691 g/mol. The molecule has 0 aromatic rings. The lowest BCUT2D eigenvalue weighted by Gasteiger charge is -2.65. The van der Waals surface area contributed by atoms with Gasteiger partial charge in [0.25, 0.3) is 0 Å². The zero-order valence-corrected chi connectivity index (χ0v) is 30.9. The average molecular weight is 692 g/mol. The van der Waals surface area contributed by atoms with Gasteiger partial charge >= 0.3 is 0 Å². The van der Waals surface area contributed by atoms with E-state index in [1.54, 1.807) is 0 Å². The van der Waals surface area contributed by atoms with Crippen molar-refractivity contribution in [1.82, 2.24) is 0 Å². The maximum atomic E-state index is 11.9. The normalized spacial score (nSPS) is 48.7. The lowest BCUT2D eigenvalue weighted by Crippen LogP contribution is -2.58. The summed E-state index contributed by atoms with van der Waals surface area (Å²) in [6.45, 7) is 14.0. The molecule has 10 heteroatoms. The largest absolute Gasteiger partial charge is 0.391 e. The molecule has 0 aromatic carbocycles. The predicted molar refractivity (Wildman–Crippen MR) is 185 cm³/mol. The first kappa shape index (κ1) is 37.8. The van der Waals surface area contributed by atoms with Crippen LogP contribution in [0, 0.1) is 44.8 Å². The van der Waals surface area contributed by atoms with Gasteiger partial charge in [-0.15, -0.1) is 0 Å². The van der Waals surface area contributed by atoms with E-state index >= 15 is 0 Å². The van der Waals surface area contributed by atoms with E-state index in [9.17, 15) is 25.3 Å². The Labute approximate surface area is 293 Å². The Balaban J connectivity index is 1.10. The van der Waals surface area contributed by atoms with Gasteiger partial charge in [0.05, 0.1) is 43.2 Å². The minimum Gasteiger partial charge on any atom is -0.391 e. The smallest absolute Gasteiger partial charge is 0.186 e. The molecule has 0 aromatic heterocycles. The van der Waals surface area contributed by atoms with Crippen LogP contribution in [0.5, 0.6) is 0 Å². The summed E-state index contributed by atoms with van der Waals surface area (Å²) in [6.07, 6.45) is 10.1. The second-order valence-corrected chi connectivity index (χ2v) is 18.2. The minimum absolute atomic E-state index is 0.0485. The van der Waals surface area contributed by atoms with Crippen LogP contribution in [0.3, 0.4) is 0 Å². The third kappa shape index (κ3) is 7.20. The van der Waals surface area contributed by atoms with Crippen LogP contribution in [0.25, 0.3) is 0 Å². The number of fused-ring (bicyclic) bond motifs is 5. The van der Waals surface area contributed by atoms with Crippen molar-refractivity contribution in [3.63, 3.8) is 0 Å². The highest BCUT2D eigenvalue weighted by Crippen LogP contribution is 2.74. The second kappa shape index (κ2) is 14.4. The Kier molecular flexibility index (Phi) is 11.1. The molecule has 2 heterocycles. The number of nitroso groups, excluding NO2 is 1. The molecule has 15 atom stereocenters. The molecule has 0 bridgehead atoms. The molecule has 0 amide bonds. The molecule has 2 saturated heterocycles. The van der Waals surface area contributed by atoms with Gasteiger partial charge in [-0.2, -0.15) is 4.91 Å².